The highest BCUT2D eigenvalue weighted by Gasteiger charge is 2.26. The summed E-state index contributed by atoms with van der Waals surface area (Å²) >= 11 is 0. The zero-order valence-corrected chi connectivity index (χ0v) is 13.1. The molecule has 2 heterocycles. The first-order valence-electron chi connectivity index (χ1n) is 7.74. The summed E-state index contributed by atoms with van der Waals surface area (Å²) in [7, 11) is 0. The molecule has 1 aromatic heterocycles. The highest BCUT2D eigenvalue weighted by molar-refractivity contribution is 6.35. The number of carbonyl (C=O) groups excluding carboxylic acids is 2. The van der Waals surface area contributed by atoms with Gasteiger partial charge in [0.1, 0.15) is 11.6 Å². The molecule has 0 atom stereocenters. The average Bonchev–Trinajstić information content (AvgIpc) is 3.13. The molecule has 1 aromatic carbocycles. The summed E-state index contributed by atoms with van der Waals surface area (Å²) in [6.45, 7) is 1.89. The van der Waals surface area contributed by atoms with Gasteiger partial charge in [0.05, 0.1) is 18.5 Å². The van der Waals surface area contributed by atoms with E-state index in [0.29, 0.717) is 37.6 Å². The number of carbonyl (C=O) groups is 2. The molecule has 126 valence electrons. The van der Waals surface area contributed by atoms with Crippen LogP contribution < -0.4 is 10.2 Å². The van der Waals surface area contributed by atoms with Crippen molar-refractivity contribution in [3.8, 4) is 0 Å². The summed E-state index contributed by atoms with van der Waals surface area (Å²) in [4.78, 5) is 27.4. The zero-order chi connectivity index (χ0) is 16.9. The number of hydrogen-bond donors (Lipinski definition) is 1. The summed E-state index contributed by atoms with van der Waals surface area (Å²) in [6, 6.07) is 9.97. The van der Waals surface area contributed by atoms with Gasteiger partial charge in [-0.05, 0) is 24.3 Å². The van der Waals surface area contributed by atoms with Gasteiger partial charge in [0.25, 0.3) is 0 Å². The minimum atomic E-state index is -0.661. The number of amides is 2. The monoisotopic (exact) mass is 331 g/mol. The van der Waals surface area contributed by atoms with Gasteiger partial charge in [-0.3, -0.25) is 9.59 Å². The van der Waals surface area contributed by atoms with Crippen LogP contribution in [0.15, 0.2) is 47.1 Å². The molecule has 1 saturated heterocycles. The third-order valence-electron chi connectivity index (χ3n) is 3.96. The molecular formula is C17H18FN3O3. The Hall–Kier alpha value is -2.83. The molecule has 0 bridgehead atoms. The second-order valence-electron chi connectivity index (χ2n) is 5.49. The number of hydrogen-bond acceptors (Lipinski definition) is 4. The van der Waals surface area contributed by atoms with Crippen LogP contribution in [-0.4, -0.2) is 42.9 Å². The Kier molecular flexibility index (Phi) is 4.79. The minimum Gasteiger partial charge on any atom is -0.467 e. The van der Waals surface area contributed by atoms with Crippen molar-refractivity contribution in [3.05, 3.63) is 54.2 Å². The normalized spacial score (nSPS) is 14.5. The molecule has 1 N–H and O–H groups in total. The van der Waals surface area contributed by atoms with E-state index < -0.39 is 11.8 Å². The van der Waals surface area contributed by atoms with E-state index in [4.69, 9.17) is 4.42 Å². The summed E-state index contributed by atoms with van der Waals surface area (Å²) in [5.41, 5.74) is 0.520. The second-order valence-corrected chi connectivity index (χ2v) is 5.49. The third kappa shape index (κ3) is 3.56. The van der Waals surface area contributed by atoms with E-state index in [0.717, 1.165) is 0 Å². The van der Waals surface area contributed by atoms with Crippen LogP contribution in [0.4, 0.5) is 10.1 Å². The van der Waals surface area contributed by atoms with Crippen LogP contribution in [0, 0.1) is 5.82 Å². The number of nitrogens with one attached hydrogen (secondary N) is 1. The van der Waals surface area contributed by atoms with Gasteiger partial charge in [-0.25, -0.2) is 4.39 Å². The quantitative estimate of drug-likeness (QED) is 0.863. The highest BCUT2D eigenvalue weighted by Crippen LogP contribution is 2.20. The summed E-state index contributed by atoms with van der Waals surface area (Å²) in [5.74, 6) is -0.936. The van der Waals surface area contributed by atoms with Crippen molar-refractivity contribution in [2.75, 3.05) is 31.1 Å². The van der Waals surface area contributed by atoms with E-state index in [1.54, 1.807) is 30.3 Å². The van der Waals surface area contributed by atoms with Crippen molar-refractivity contribution < 1.29 is 18.4 Å². The Bertz CT molecular complexity index is 710. The molecule has 0 aliphatic carbocycles. The molecule has 1 aliphatic rings. The van der Waals surface area contributed by atoms with E-state index in [1.165, 1.54) is 17.2 Å². The Morgan fingerprint density at radius 3 is 2.50 bits per heavy atom. The molecule has 7 heteroatoms. The van der Waals surface area contributed by atoms with Crippen LogP contribution in [-0.2, 0) is 16.1 Å². The van der Waals surface area contributed by atoms with Crippen molar-refractivity contribution in [2.24, 2.45) is 0 Å². The number of furan rings is 1. The van der Waals surface area contributed by atoms with Crippen molar-refractivity contribution in [1.82, 2.24) is 10.2 Å². The number of nitrogens with zero attached hydrogens (tertiary/aromatic N) is 2. The van der Waals surface area contributed by atoms with E-state index in [-0.39, 0.29) is 12.4 Å². The lowest BCUT2D eigenvalue weighted by Gasteiger charge is -2.35. The maximum Gasteiger partial charge on any atom is 0.312 e. The number of para-hydroxylation sites is 1. The van der Waals surface area contributed by atoms with Gasteiger partial charge in [0.15, 0.2) is 0 Å². The van der Waals surface area contributed by atoms with Gasteiger partial charge in [0, 0.05) is 26.2 Å². The topological polar surface area (TPSA) is 65.8 Å². The molecule has 0 unspecified atom stereocenters. The lowest BCUT2D eigenvalue weighted by molar-refractivity contribution is -0.146. The summed E-state index contributed by atoms with van der Waals surface area (Å²) < 4.78 is 18.9. The number of rotatable bonds is 3. The van der Waals surface area contributed by atoms with Crippen LogP contribution in [0.3, 0.4) is 0 Å². The van der Waals surface area contributed by atoms with Gasteiger partial charge in [-0.1, -0.05) is 12.1 Å². The third-order valence-corrected chi connectivity index (χ3v) is 3.96. The van der Waals surface area contributed by atoms with E-state index in [2.05, 4.69) is 5.32 Å². The molecular weight excluding hydrogens is 313 g/mol. The van der Waals surface area contributed by atoms with Crippen LogP contribution in [0.5, 0.6) is 0 Å². The first kappa shape index (κ1) is 16.0. The summed E-state index contributed by atoms with van der Waals surface area (Å²) in [5, 5.41) is 2.54. The van der Waals surface area contributed by atoms with Gasteiger partial charge >= 0.3 is 11.8 Å². The number of halogens is 1. The molecule has 2 amide bonds. The SMILES string of the molecule is O=C(NCc1ccco1)C(=O)N1CCN(c2ccccc2F)CC1. The first-order chi connectivity index (χ1) is 11.6. The van der Waals surface area contributed by atoms with Crippen molar-refractivity contribution in [1.29, 1.82) is 0 Å². The predicted molar refractivity (Wildman–Crippen MR) is 85.7 cm³/mol. The minimum absolute atomic E-state index is 0.173. The first-order valence-corrected chi connectivity index (χ1v) is 7.74. The molecule has 1 fully saturated rings. The van der Waals surface area contributed by atoms with Crippen molar-refractivity contribution in [3.63, 3.8) is 0 Å². The number of benzene rings is 1. The smallest absolute Gasteiger partial charge is 0.312 e. The van der Waals surface area contributed by atoms with E-state index in [1.807, 2.05) is 4.90 Å². The average molecular weight is 331 g/mol. The van der Waals surface area contributed by atoms with Gasteiger partial charge in [-0.15, -0.1) is 0 Å². The largest absolute Gasteiger partial charge is 0.467 e. The fraction of sp³-hybridized carbons (Fsp3) is 0.294. The van der Waals surface area contributed by atoms with Crippen LogP contribution in [0.25, 0.3) is 0 Å². The molecule has 0 saturated carbocycles. The van der Waals surface area contributed by atoms with Gasteiger partial charge in [0.2, 0.25) is 0 Å². The van der Waals surface area contributed by atoms with Gasteiger partial charge in [-0.2, -0.15) is 0 Å². The Labute approximate surface area is 138 Å². The maximum absolute atomic E-state index is 13.8. The van der Waals surface area contributed by atoms with Crippen LogP contribution in [0.2, 0.25) is 0 Å². The molecule has 3 rings (SSSR count). The maximum atomic E-state index is 13.8. The highest BCUT2D eigenvalue weighted by atomic mass is 19.1. The lowest BCUT2D eigenvalue weighted by atomic mass is 10.2. The molecule has 0 spiro atoms. The Balaban J connectivity index is 1.51. The summed E-state index contributed by atoms with van der Waals surface area (Å²) in [6.07, 6.45) is 1.51. The molecule has 1 aliphatic heterocycles. The predicted octanol–water partition coefficient (Wildman–Crippen LogP) is 1.38. The zero-order valence-electron chi connectivity index (χ0n) is 13.1. The second kappa shape index (κ2) is 7.16. The molecule has 24 heavy (non-hydrogen) atoms. The molecule has 6 nitrogen and oxygen atoms in total. The van der Waals surface area contributed by atoms with Crippen LogP contribution in [0.1, 0.15) is 5.76 Å². The fourth-order valence-electron chi connectivity index (χ4n) is 2.66. The van der Waals surface area contributed by atoms with E-state index >= 15 is 0 Å². The number of piperazine rings is 1. The fourth-order valence-corrected chi connectivity index (χ4v) is 2.66. The van der Waals surface area contributed by atoms with Crippen molar-refractivity contribution >= 4 is 17.5 Å². The lowest BCUT2D eigenvalue weighted by Crippen LogP contribution is -2.52. The van der Waals surface area contributed by atoms with Gasteiger partial charge < -0.3 is 19.5 Å². The van der Waals surface area contributed by atoms with Crippen molar-refractivity contribution in [2.45, 2.75) is 6.54 Å². The van der Waals surface area contributed by atoms with Crippen LogP contribution >= 0.6 is 0 Å². The Morgan fingerprint density at radius 1 is 1.08 bits per heavy atom. The number of anilines is 1. The Morgan fingerprint density at radius 2 is 1.83 bits per heavy atom. The van der Waals surface area contributed by atoms with E-state index in [9.17, 15) is 14.0 Å². The molecule has 2 aromatic rings. The standard InChI is InChI=1S/C17H18FN3O3/c18-14-5-1-2-6-15(14)20-7-9-21(10-8-20)17(23)16(22)19-12-13-4-3-11-24-13/h1-6,11H,7-10,12H2,(H,19,22). The molecule has 0 radical (unpaired) electrons.